The van der Waals surface area contributed by atoms with Gasteiger partial charge in [-0.2, -0.15) is 0 Å². The van der Waals surface area contributed by atoms with Gasteiger partial charge in [-0.25, -0.2) is 8.42 Å². The van der Waals surface area contributed by atoms with Gasteiger partial charge in [-0.15, -0.1) is 0 Å². The van der Waals surface area contributed by atoms with E-state index >= 15 is 0 Å². The number of nitrogens with one attached hydrogen (secondary N) is 1. The molecule has 0 bridgehead atoms. The lowest BCUT2D eigenvalue weighted by Crippen LogP contribution is -3.16. The Bertz CT molecular complexity index is 328. The highest BCUT2D eigenvalue weighted by Gasteiger charge is 2.19. The summed E-state index contributed by atoms with van der Waals surface area (Å²) in [6.45, 7) is 2.90. The van der Waals surface area contributed by atoms with Crippen molar-refractivity contribution in [1.82, 2.24) is 0 Å². The Hall–Kier alpha value is -0.470. The van der Waals surface area contributed by atoms with Crippen molar-refractivity contribution < 1.29 is 28.1 Å². The maximum absolute atomic E-state index is 10.5. The molecule has 0 aromatic heterocycles. The van der Waals surface area contributed by atoms with Crippen LogP contribution in [-0.2, 0) is 10.1 Å². The summed E-state index contributed by atoms with van der Waals surface area (Å²) in [7, 11) is -4.18. The first-order valence-corrected chi connectivity index (χ1v) is 7.63. The second-order valence-corrected chi connectivity index (χ2v) is 5.71. The number of hydrogen-bond acceptors (Lipinski definition) is 5. The van der Waals surface area contributed by atoms with Crippen LogP contribution in [0.15, 0.2) is 12.2 Å². The zero-order chi connectivity index (χ0) is 14.0. The number of quaternary nitrogens is 1. The van der Waals surface area contributed by atoms with Crippen LogP contribution in [0.4, 0.5) is 0 Å². The summed E-state index contributed by atoms with van der Waals surface area (Å²) in [5.74, 6) is -0.385. The quantitative estimate of drug-likeness (QED) is 0.321. The van der Waals surface area contributed by atoms with Crippen molar-refractivity contribution >= 4 is 10.1 Å². The van der Waals surface area contributed by atoms with Gasteiger partial charge in [0.1, 0.15) is 6.04 Å². The second-order valence-electron chi connectivity index (χ2n) is 4.19. The summed E-state index contributed by atoms with van der Waals surface area (Å²) in [6, 6.07) is -0.138. The monoisotopic (exact) mass is 281 g/mol. The van der Waals surface area contributed by atoms with Crippen molar-refractivity contribution in [3.05, 3.63) is 12.2 Å². The summed E-state index contributed by atoms with van der Waals surface area (Å²) in [5, 5.41) is 18.2. The van der Waals surface area contributed by atoms with Crippen LogP contribution >= 0.6 is 0 Å². The molecule has 0 rings (SSSR count). The van der Waals surface area contributed by atoms with Gasteiger partial charge in [-0.05, 0) is 13.0 Å². The molecular formula is C11H23NO5S. The molecule has 7 heteroatoms. The van der Waals surface area contributed by atoms with E-state index in [1.54, 1.807) is 0 Å². The van der Waals surface area contributed by atoms with E-state index in [1.165, 1.54) is 0 Å². The second kappa shape index (κ2) is 9.46. The first-order chi connectivity index (χ1) is 8.44. The molecule has 18 heavy (non-hydrogen) atoms. The van der Waals surface area contributed by atoms with Gasteiger partial charge in [0.2, 0.25) is 0 Å². The normalized spacial score (nSPS) is 16.0. The average Bonchev–Trinajstić information content (AvgIpc) is 2.29. The molecular weight excluding hydrogens is 258 g/mol. The minimum atomic E-state index is -4.18. The summed E-state index contributed by atoms with van der Waals surface area (Å²) < 4.78 is 31.6. The molecule has 0 aliphatic carbocycles. The Kier molecular flexibility index (Phi) is 9.21. The molecule has 0 amide bonds. The van der Waals surface area contributed by atoms with Crippen LogP contribution in [-0.4, -0.2) is 61.3 Å². The molecule has 0 heterocycles. The molecule has 2 atom stereocenters. The molecule has 2 unspecified atom stereocenters. The molecule has 0 saturated carbocycles. The third kappa shape index (κ3) is 8.60. The first kappa shape index (κ1) is 17.5. The lowest BCUT2D eigenvalue weighted by atomic mass is 10.2. The Morgan fingerprint density at radius 2 is 2.06 bits per heavy atom. The fourth-order valence-corrected chi connectivity index (χ4v) is 2.30. The highest BCUT2D eigenvalue weighted by atomic mass is 32.2. The van der Waals surface area contributed by atoms with Gasteiger partial charge in [0.15, 0.2) is 0 Å². The summed E-state index contributed by atoms with van der Waals surface area (Å²) in [6.07, 6.45) is 4.51. The molecule has 0 aliphatic rings. The van der Waals surface area contributed by atoms with E-state index in [0.29, 0.717) is 19.5 Å². The van der Waals surface area contributed by atoms with Crippen molar-refractivity contribution in [2.45, 2.75) is 25.8 Å². The Balaban J connectivity index is 4.37. The molecule has 0 aromatic rings. The van der Waals surface area contributed by atoms with Gasteiger partial charge < -0.3 is 19.7 Å². The smallest absolute Gasteiger partial charge is 0.113 e. The highest BCUT2D eigenvalue weighted by Crippen LogP contribution is 1.89. The Labute approximate surface area is 109 Å². The lowest BCUT2D eigenvalue weighted by Gasteiger charge is -2.26. The predicted molar refractivity (Wildman–Crippen MR) is 67.3 cm³/mol. The lowest BCUT2D eigenvalue weighted by molar-refractivity contribution is -0.920. The van der Waals surface area contributed by atoms with Crippen LogP contribution in [0.2, 0.25) is 0 Å². The Morgan fingerprint density at radius 1 is 1.39 bits per heavy atom. The number of aliphatic hydroxyl groups excluding tert-OH is 2. The molecule has 0 fully saturated rings. The highest BCUT2D eigenvalue weighted by molar-refractivity contribution is 7.85. The third-order valence-corrected chi connectivity index (χ3v) is 3.57. The maximum Gasteiger partial charge on any atom is 0.113 e. The van der Waals surface area contributed by atoms with Crippen LogP contribution < -0.4 is 4.90 Å². The number of aliphatic hydroxyl groups is 2. The topological polar surface area (TPSA) is 102 Å². The van der Waals surface area contributed by atoms with E-state index in [0.717, 1.165) is 4.90 Å². The van der Waals surface area contributed by atoms with Crippen molar-refractivity contribution in [2.75, 3.05) is 32.1 Å². The van der Waals surface area contributed by atoms with E-state index in [4.69, 9.17) is 5.11 Å². The van der Waals surface area contributed by atoms with Crippen molar-refractivity contribution in [3.63, 3.8) is 0 Å². The standard InChI is InChI=1S/C11H23NO5S/c1-2-3-6-12(11(10-14)5-8-13)7-4-9-18(15,16)17/h2-3,11,13-14H,4-10H2,1H3,(H,15,16,17). The predicted octanol–water partition coefficient (Wildman–Crippen LogP) is -1.87. The van der Waals surface area contributed by atoms with Crippen LogP contribution in [0.25, 0.3) is 0 Å². The molecule has 6 nitrogen and oxygen atoms in total. The first-order valence-electron chi connectivity index (χ1n) is 6.05. The molecule has 0 saturated heterocycles. The van der Waals surface area contributed by atoms with Gasteiger partial charge in [-0.3, -0.25) is 0 Å². The average molecular weight is 281 g/mol. The molecule has 0 aliphatic heterocycles. The van der Waals surface area contributed by atoms with E-state index in [1.807, 2.05) is 19.1 Å². The zero-order valence-electron chi connectivity index (χ0n) is 10.7. The molecule has 3 N–H and O–H groups in total. The van der Waals surface area contributed by atoms with E-state index < -0.39 is 10.1 Å². The summed E-state index contributed by atoms with van der Waals surface area (Å²) in [5.41, 5.74) is 0. The zero-order valence-corrected chi connectivity index (χ0v) is 11.5. The number of hydrogen-bond donors (Lipinski definition) is 3. The van der Waals surface area contributed by atoms with Crippen molar-refractivity contribution in [1.29, 1.82) is 0 Å². The number of allylic oxidation sites excluding steroid dienone is 1. The fraction of sp³-hybridized carbons (Fsp3) is 0.818. The van der Waals surface area contributed by atoms with Crippen LogP contribution in [0, 0.1) is 0 Å². The van der Waals surface area contributed by atoms with Gasteiger partial charge in [0.25, 0.3) is 0 Å². The third-order valence-electron chi connectivity index (χ3n) is 2.78. The molecule has 0 aromatic carbocycles. The number of rotatable bonds is 10. The molecule has 0 spiro atoms. The van der Waals surface area contributed by atoms with Crippen molar-refractivity contribution in [2.24, 2.45) is 0 Å². The Morgan fingerprint density at radius 3 is 2.50 bits per heavy atom. The fourth-order valence-electron chi connectivity index (χ4n) is 1.80. The van der Waals surface area contributed by atoms with Crippen LogP contribution in [0.1, 0.15) is 19.8 Å². The largest absolute Gasteiger partial charge is 0.748 e. The summed E-state index contributed by atoms with van der Waals surface area (Å²) >= 11 is 0. The minimum absolute atomic E-state index is 0.0234. The summed E-state index contributed by atoms with van der Waals surface area (Å²) in [4.78, 5) is 0.980. The SMILES string of the molecule is CC=CC[NH+](CCCS(=O)(=O)[O-])C(CO)CCO. The van der Waals surface area contributed by atoms with Crippen molar-refractivity contribution in [3.8, 4) is 0 Å². The van der Waals surface area contributed by atoms with Crippen LogP contribution in [0.5, 0.6) is 0 Å². The van der Waals surface area contributed by atoms with Gasteiger partial charge in [0.05, 0.1) is 29.8 Å². The van der Waals surface area contributed by atoms with E-state index in [2.05, 4.69) is 0 Å². The van der Waals surface area contributed by atoms with Gasteiger partial charge in [-0.1, -0.05) is 6.08 Å². The minimum Gasteiger partial charge on any atom is -0.748 e. The van der Waals surface area contributed by atoms with Gasteiger partial charge >= 0.3 is 0 Å². The molecule has 0 radical (unpaired) electrons. The maximum atomic E-state index is 10.5. The van der Waals surface area contributed by atoms with E-state index in [9.17, 15) is 18.1 Å². The van der Waals surface area contributed by atoms with E-state index in [-0.39, 0.29) is 31.4 Å². The van der Waals surface area contributed by atoms with Gasteiger partial charge in [0, 0.05) is 25.2 Å². The molecule has 108 valence electrons. The van der Waals surface area contributed by atoms with Crippen LogP contribution in [0.3, 0.4) is 0 Å².